The Bertz CT molecular complexity index is 741. The molecule has 2 aromatic rings. The van der Waals surface area contributed by atoms with E-state index in [9.17, 15) is 4.79 Å². The molecule has 1 aromatic carbocycles. The van der Waals surface area contributed by atoms with Gasteiger partial charge in [-0.2, -0.15) is 4.98 Å². The number of nitrogen functional groups attached to an aromatic ring is 1. The van der Waals surface area contributed by atoms with E-state index in [1.54, 1.807) is 12.1 Å². The summed E-state index contributed by atoms with van der Waals surface area (Å²) >= 11 is 0. The van der Waals surface area contributed by atoms with Gasteiger partial charge in [0.2, 0.25) is 5.88 Å². The minimum atomic E-state index is -0.321. The summed E-state index contributed by atoms with van der Waals surface area (Å²) in [5.74, 6) is 0.718. The summed E-state index contributed by atoms with van der Waals surface area (Å²) in [6.07, 6.45) is 3.85. The topological polar surface area (TPSA) is 77.7 Å². The van der Waals surface area contributed by atoms with Crippen LogP contribution in [-0.4, -0.2) is 37.8 Å². The van der Waals surface area contributed by atoms with E-state index in [1.165, 1.54) is 7.11 Å². The molecular formula is C22H31N3O3. The van der Waals surface area contributed by atoms with Crippen molar-refractivity contribution in [1.29, 1.82) is 0 Å². The van der Waals surface area contributed by atoms with Crippen molar-refractivity contribution in [2.75, 3.05) is 37.4 Å². The number of hydrogen-bond donors (Lipinski definition) is 1. The van der Waals surface area contributed by atoms with Crippen LogP contribution in [0.2, 0.25) is 0 Å². The molecule has 1 heterocycles. The summed E-state index contributed by atoms with van der Waals surface area (Å²) in [5, 5.41) is 0. The summed E-state index contributed by atoms with van der Waals surface area (Å²) in [6.45, 7) is 6.86. The Labute approximate surface area is 167 Å². The molecule has 0 aliphatic carbocycles. The zero-order valence-corrected chi connectivity index (χ0v) is 17.1. The fraction of sp³-hybridized carbons (Fsp3) is 0.455. The number of anilines is 2. The van der Waals surface area contributed by atoms with Gasteiger partial charge in [0.25, 0.3) is 0 Å². The Balaban J connectivity index is 1.89. The zero-order chi connectivity index (χ0) is 20.4. The summed E-state index contributed by atoms with van der Waals surface area (Å²) < 4.78 is 10.6. The predicted molar refractivity (Wildman–Crippen MR) is 113 cm³/mol. The molecule has 0 aliphatic rings. The molecule has 152 valence electrons. The Morgan fingerprint density at radius 2 is 1.79 bits per heavy atom. The first-order valence-electron chi connectivity index (χ1n) is 9.90. The van der Waals surface area contributed by atoms with E-state index >= 15 is 0 Å². The van der Waals surface area contributed by atoms with Gasteiger partial charge in [0.15, 0.2) is 0 Å². The van der Waals surface area contributed by atoms with Crippen molar-refractivity contribution in [3.05, 3.63) is 47.5 Å². The number of pyridine rings is 1. The lowest BCUT2D eigenvalue weighted by Crippen LogP contribution is -2.25. The Morgan fingerprint density at radius 1 is 1.11 bits per heavy atom. The molecule has 0 fully saturated rings. The van der Waals surface area contributed by atoms with E-state index in [0.717, 1.165) is 50.0 Å². The Kier molecular flexibility index (Phi) is 8.59. The lowest BCUT2D eigenvalue weighted by atomic mass is 10.1. The number of aryl methyl sites for hydroxylation is 1. The summed E-state index contributed by atoms with van der Waals surface area (Å²) in [7, 11) is 1.38. The van der Waals surface area contributed by atoms with Gasteiger partial charge in [-0.25, -0.2) is 4.79 Å². The first-order valence-corrected chi connectivity index (χ1v) is 9.90. The maximum absolute atomic E-state index is 11.5. The van der Waals surface area contributed by atoms with Gasteiger partial charge in [-0.3, -0.25) is 0 Å². The van der Waals surface area contributed by atoms with Crippen LogP contribution in [-0.2, 0) is 11.2 Å². The molecule has 0 radical (unpaired) electrons. The second-order valence-electron chi connectivity index (χ2n) is 6.72. The van der Waals surface area contributed by atoms with Crippen molar-refractivity contribution >= 4 is 17.5 Å². The van der Waals surface area contributed by atoms with Crippen molar-refractivity contribution in [3.63, 3.8) is 0 Å². The lowest BCUT2D eigenvalue weighted by molar-refractivity contribution is 0.0600. The third kappa shape index (κ3) is 6.44. The number of carbonyl (C=O) groups excluding carboxylic acids is 1. The number of ether oxygens (including phenoxy) is 2. The molecule has 6 heteroatoms. The monoisotopic (exact) mass is 385 g/mol. The highest BCUT2D eigenvalue weighted by atomic mass is 16.5. The number of methoxy groups -OCH3 is 1. The molecule has 28 heavy (non-hydrogen) atoms. The molecule has 2 N–H and O–H groups in total. The van der Waals surface area contributed by atoms with Gasteiger partial charge in [-0.05, 0) is 43.4 Å². The van der Waals surface area contributed by atoms with E-state index in [4.69, 9.17) is 15.2 Å². The highest BCUT2D eigenvalue weighted by Crippen LogP contribution is 2.23. The number of aromatic nitrogens is 1. The quantitative estimate of drug-likeness (QED) is 0.464. The van der Waals surface area contributed by atoms with Crippen LogP contribution in [0.4, 0.5) is 11.5 Å². The van der Waals surface area contributed by atoms with Crippen LogP contribution in [0.3, 0.4) is 0 Å². The summed E-state index contributed by atoms with van der Waals surface area (Å²) in [6, 6.07) is 11.3. The Morgan fingerprint density at radius 3 is 2.39 bits per heavy atom. The zero-order valence-electron chi connectivity index (χ0n) is 17.1. The van der Waals surface area contributed by atoms with E-state index in [-0.39, 0.29) is 5.97 Å². The fourth-order valence-corrected chi connectivity index (χ4v) is 3.06. The standard InChI is InChI=1S/C22H31N3O3/c1-4-12-25(13-5-2)19-15-20(23)24-21(16-19)28-14-6-7-17-8-10-18(11-9-17)22(26)27-3/h8-11,15-16H,4-7,12-14H2,1-3H3,(H2,23,24). The van der Waals surface area contributed by atoms with Crippen LogP contribution in [0.25, 0.3) is 0 Å². The molecule has 0 spiro atoms. The normalized spacial score (nSPS) is 10.5. The molecular weight excluding hydrogens is 354 g/mol. The van der Waals surface area contributed by atoms with E-state index < -0.39 is 0 Å². The Hall–Kier alpha value is -2.76. The van der Waals surface area contributed by atoms with Gasteiger partial charge in [0, 0.05) is 30.9 Å². The molecule has 0 unspecified atom stereocenters. The highest BCUT2D eigenvalue weighted by molar-refractivity contribution is 5.89. The molecule has 2 rings (SSSR count). The molecule has 1 aromatic heterocycles. The maximum atomic E-state index is 11.5. The van der Waals surface area contributed by atoms with Crippen LogP contribution >= 0.6 is 0 Å². The van der Waals surface area contributed by atoms with Crippen LogP contribution < -0.4 is 15.4 Å². The number of carbonyl (C=O) groups is 1. The smallest absolute Gasteiger partial charge is 0.337 e. The first-order chi connectivity index (χ1) is 13.6. The van der Waals surface area contributed by atoms with E-state index in [1.807, 2.05) is 24.3 Å². The van der Waals surface area contributed by atoms with Crippen molar-refractivity contribution in [2.24, 2.45) is 0 Å². The summed E-state index contributed by atoms with van der Waals surface area (Å²) in [4.78, 5) is 18.1. The molecule has 0 aliphatic heterocycles. The lowest BCUT2D eigenvalue weighted by Gasteiger charge is -2.24. The average molecular weight is 386 g/mol. The third-order valence-corrected chi connectivity index (χ3v) is 4.39. The van der Waals surface area contributed by atoms with Crippen molar-refractivity contribution in [1.82, 2.24) is 4.98 Å². The maximum Gasteiger partial charge on any atom is 0.337 e. The van der Waals surface area contributed by atoms with Crippen LogP contribution in [0.1, 0.15) is 49.0 Å². The fourth-order valence-electron chi connectivity index (χ4n) is 3.06. The van der Waals surface area contributed by atoms with Crippen molar-refractivity contribution < 1.29 is 14.3 Å². The van der Waals surface area contributed by atoms with Crippen molar-refractivity contribution in [2.45, 2.75) is 39.5 Å². The summed E-state index contributed by atoms with van der Waals surface area (Å²) in [5.41, 5.74) is 8.74. The number of nitrogens with zero attached hydrogens (tertiary/aromatic N) is 2. The van der Waals surface area contributed by atoms with Gasteiger partial charge in [0.1, 0.15) is 5.82 Å². The molecule has 0 amide bonds. The largest absolute Gasteiger partial charge is 0.478 e. The highest BCUT2D eigenvalue weighted by Gasteiger charge is 2.09. The number of rotatable bonds is 11. The molecule has 6 nitrogen and oxygen atoms in total. The number of hydrogen-bond acceptors (Lipinski definition) is 6. The first kappa shape index (κ1) is 21.5. The van der Waals surface area contributed by atoms with Crippen LogP contribution in [0.15, 0.2) is 36.4 Å². The van der Waals surface area contributed by atoms with Crippen molar-refractivity contribution in [3.8, 4) is 5.88 Å². The van der Waals surface area contributed by atoms with Crippen LogP contribution in [0.5, 0.6) is 5.88 Å². The minimum absolute atomic E-state index is 0.321. The van der Waals surface area contributed by atoms with Gasteiger partial charge >= 0.3 is 5.97 Å². The second kappa shape index (κ2) is 11.2. The van der Waals surface area contributed by atoms with Gasteiger partial charge in [-0.15, -0.1) is 0 Å². The predicted octanol–water partition coefficient (Wildman–Crippen LogP) is 4.09. The van der Waals surface area contributed by atoms with Crippen LogP contribution in [0, 0.1) is 0 Å². The van der Waals surface area contributed by atoms with Gasteiger partial charge < -0.3 is 20.1 Å². The molecule has 0 saturated carbocycles. The molecule has 0 saturated heterocycles. The molecule has 0 atom stereocenters. The number of nitrogens with two attached hydrogens (primary N) is 1. The number of benzene rings is 1. The number of esters is 1. The minimum Gasteiger partial charge on any atom is -0.478 e. The average Bonchev–Trinajstić information content (AvgIpc) is 2.70. The third-order valence-electron chi connectivity index (χ3n) is 4.39. The second-order valence-corrected chi connectivity index (χ2v) is 6.72. The van der Waals surface area contributed by atoms with Gasteiger partial charge in [-0.1, -0.05) is 26.0 Å². The molecule has 0 bridgehead atoms. The van der Waals surface area contributed by atoms with E-state index in [0.29, 0.717) is 23.9 Å². The van der Waals surface area contributed by atoms with Gasteiger partial charge in [0.05, 0.1) is 19.3 Å². The van der Waals surface area contributed by atoms with E-state index in [2.05, 4.69) is 23.7 Å². The SMILES string of the molecule is CCCN(CCC)c1cc(N)nc(OCCCc2ccc(C(=O)OC)cc2)c1.